The highest BCUT2D eigenvalue weighted by molar-refractivity contribution is 5.92. The molecule has 0 aliphatic carbocycles. The highest BCUT2D eigenvalue weighted by atomic mass is 19.3. The normalized spacial score (nSPS) is 11.5. The van der Waals surface area contributed by atoms with Gasteiger partial charge in [-0.25, -0.2) is 4.99 Å². The lowest BCUT2D eigenvalue weighted by Gasteiger charge is -2.07. The molecule has 6 heteroatoms. The van der Waals surface area contributed by atoms with Crippen molar-refractivity contribution in [3.63, 3.8) is 0 Å². The summed E-state index contributed by atoms with van der Waals surface area (Å²) in [5.74, 6) is 0.358. The van der Waals surface area contributed by atoms with E-state index in [4.69, 9.17) is 5.73 Å². The van der Waals surface area contributed by atoms with Crippen LogP contribution in [-0.2, 0) is 6.54 Å². The van der Waals surface area contributed by atoms with Gasteiger partial charge in [-0.05, 0) is 36.8 Å². The highest BCUT2D eigenvalue weighted by Crippen LogP contribution is 2.16. The van der Waals surface area contributed by atoms with Crippen LogP contribution in [0.2, 0.25) is 0 Å². The van der Waals surface area contributed by atoms with Crippen molar-refractivity contribution in [1.82, 2.24) is 0 Å². The Balaban J connectivity index is 1.96. The summed E-state index contributed by atoms with van der Waals surface area (Å²) in [7, 11) is 0. The predicted octanol–water partition coefficient (Wildman–Crippen LogP) is 3.52. The first-order valence-corrected chi connectivity index (χ1v) is 6.70. The minimum Gasteiger partial charge on any atom is -0.435 e. The molecule has 0 spiro atoms. The molecule has 0 heterocycles. The lowest BCUT2D eigenvalue weighted by Crippen LogP contribution is -2.22. The van der Waals surface area contributed by atoms with Crippen molar-refractivity contribution in [2.75, 3.05) is 5.32 Å². The van der Waals surface area contributed by atoms with Gasteiger partial charge in [0, 0.05) is 5.69 Å². The first-order valence-electron chi connectivity index (χ1n) is 6.70. The van der Waals surface area contributed by atoms with Crippen LogP contribution in [0.4, 0.5) is 14.5 Å². The number of alkyl halides is 2. The molecule has 0 unspecified atom stereocenters. The fourth-order valence-electron chi connectivity index (χ4n) is 1.82. The van der Waals surface area contributed by atoms with E-state index in [1.807, 2.05) is 31.2 Å². The van der Waals surface area contributed by atoms with Gasteiger partial charge in [0.1, 0.15) is 5.75 Å². The number of aryl methyl sites for hydroxylation is 1. The zero-order valence-corrected chi connectivity index (χ0v) is 12.1. The number of hydrogen-bond donors (Lipinski definition) is 2. The van der Waals surface area contributed by atoms with Gasteiger partial charge >= 0.3 is 6.61 Å². The standard InChI is InChI=1S/C16H17F2N3O/c1-11-5-7-13(8-6-11)21-16(19)20-10-12-3-2-4-14(9-12)22-15(17)18/h2-9,15H,10H2,1H3,(H3,19,20,21). The van der Waals surface area contributed by atoms with Gasteiger partial charge in [0.15, 0.2) is 5.96 Å². The molecule has 3 N–H and O–H groups in total. The molecule has 116 valence electrons. The second-order valence-electron chi connectivity index (χ2n) is 4.72. The van der Waals surface area contributed by atoms with Crippen LogP contribution in [0, 0.1) is 6.92 Å². The van der Waals surface area contributed by atoms with Crippen molar-refractivity contribution in [3.8, 4) is 5.75 Å². The summed E-state index contributed by atoms with van der Waals surface area (Å²) < 4.78 is 28.7. The molecule has 0 fully saturated rings. The molecular weight excluding hydrogens is 288 g/mol. The van der Waals surface area contributed by atoms with Crippen molar-refractivity contribution < 1.29 is 13.5 Å². The quantitative estimate of drug-likeness (QED) is 0.656. The van der Waals surface area contributed by atoms with Crippen LogP contribution in [0.15, 0.2) is 53.5 Å². The monoisotopic (exact) mass is 305 g/mol. The van der Waals surface area contributed by atoms with Gasteiger partial charge in [-0.15, -0.1) is 0 Å². The average Bonchev–Trinajstić information content (AvgIpc) is 2.47. The average molecular weight is 305 g/mol. The van der Waals surface area contributed by atoms with Crippen molar-refractivity contribution in [2.24, 2.45) is 10.7 Å². The first kappa shape index (κ1) is 15.8. The zero-order chi connectivity index (χ0) is 15.9. The number of nitrogens with one attached hydrogen (secondary N) is 1. The van der Waals surface area contributed by atoms with Gasteiger partial charge in [0.2, 0.25) is 0 Å². The van der Waals surface area contributed by atoms with E-state index in [9.17, 15) is 8.78 Å². The number of rotatable bonds is 5. The Labute approximate surface area is 127 Å². The largest absolute Gasteiger partial charge is 0.435 e. The number of aliphatic imine (C=N–C) groups is 1. The molecule has 0 radical (unpaired) electrons. The third kappa shape index (κ3) is 5.05. The minimum atomic E-state index is -2.84. The van der Waals surface area contributed by atoms with E-state index in [1.54, 1.807) is 12.1 Å². The maximum absolute atomic E-state index is 12.2. The number of benzene rings is 2. The number of anilines is 1. The van der Waals surface area contributed by atoms with Crippen LogP contribution in [0.25, 0.3) is 0 Å². The van der Waals surface area contributed by atoms with Crippen molar-refractivity contribution in [3.05, 3.63) is 59.7 Å². The van der Waals surface area contributed by atoms with Gasteiger partial charge in [-0.3, -0.25) is 0 Å². The van der Waals surface area contributed by atoms with Crippen molar-refractivity contribution in [1.29, 1.82) is 0 Å². The zero-order valence-electron chi connectivity index (χ0n) is 12.1. The fraction of sp³-hybridized carbons (Fsp3) is 0.188. The van der Waals surface area contributed by atoms with Crippen LogP contribution in [0.1, 0.15) is 11.1 Å². The number of hydrogen-bond acceptors (Lipinski definition) is 2. The highest BCUT2D eigenvalue weighted by Gasteiger charge is 2.04. The van der Waals surface area contributed by atoms with Crippen LogP contribution in [-0.4, -0.2) is 12.6 Å². The van der Waals surface area contributed by atoms with Gasteiger partial charge < -0.3 is 15.8 Å². The SMILES string of the molecule is Cc1ccc(NC(N)=NCc2cccc(OC(F)F)c2)cc1. The second kappa shape index (κ2) is 7.40. The van der Waals surface area contributed by atoms with E-state index < -0.39 is 6.61 Å². The minimum absolute atomic E-state index is 0.104. The van der Waals surface area contributed by atoms with Crippen LogP contribution in [0.3, 0.4) is 0 Å². The summed E-state index contributed by atoms with van der Waals surface area (Å²) in [4.78, 5) is 4.17. The molecule has 0 atom stereocenters. The molecule has 22 heavy (non-hydrogen) atoms. The van der Waals surface area contributed by atoms with Crippen molar-refractivity contribution >= 4 is 11.6 Å². The van der Waals surface area contributed by atoms with Gasteiger partial charge in [-0.2, -0.15) is 8.78 Å². The molecule has 2 rings (SSSR count). The lowest BCUT2D eigenvalue weighted by molar-refractivity contribution is -0.0498. The lowest BCUT2D eigenvalue weighted by atomic mass is 10.2. The Bertz CT molecular complexity index is 642. The van der Waals surface area contributed by atoms with Crippen LogP contribution in [0.5, 0.6) is 5.75 Å². The second-order valence-corrected chi connectivity index (χ2v) is 4.72. The number of guanidine groups is 1. The van der Waals surface area contributed by atoms with E-state index >= 15 is 0 Å². The molecule has 0 bridgehead atoms. The fourth-order valence-corrected chi connectivity index (χ4v) is 1.82. The molecule has 4 nitrogen and oxygen atoms in total. The Morgan fingerprint density at radius 3 is 2.64 bits per heavy atom. The van der Waals surface area contributed by atoms with Crippen LogP contribution < -0.4 is 15.8 Å². The van der Waals surface area contributed by atoms with E-state index in [-0.39, 0.29) is 18.3 Å². The molecule has 0 amide bonds. The van der Waals surface area contributed by atoms with E-state index in [0.29, 0.717) is 0 Å². The Kier molecular flexibility index (Phi) is 5.30. The third-order valence-electron chi connectivity index (χ3n) is 2.88. The molecule has 0 aromatic heterocycles. The maximum atomic E-state index is 12.2. The number of nitrogens with two attached hydrogens (primary N) is 1. The van der Waals surface area contributed by atoms with Crippen molar-refractivity contribution in [2.45, 2.75) is 20.1 Å². The van der Waals surface area contributed by atoms with Crippen LogP contribution >= 0.6 is 0 Å². The van der Waals surface area contributed by atoms with Gasteiger partial charge in [0.05, 0.1) is 6.54 Å². The summed E-state index contributed by atoms with van der Waals surface area (Å²) in [5.41, 5.74) is 8.51. The number of nitrogens with zero attached hydrogens (tertiary/aromatic N) is 1. The van der Waals surface area contributed by atoms with E-state index in [1.165, 1.54) is 12.1 Å². The molecule has 0 saturated carbocycles. The molecular formula is C16H17F2N3O. The Morgan fingerprint density at radius 1 is 1.23 bits per heavy atom. The number of halogens is 2. The topological polar surface area (TPSA) is 59.6 Å². The summed E-state index contributed by atoms with van der Waals surface area (Å²) >= 11 is 0. The Morgan fingerprint density at radius 2 is 1.95 bits per heavy atom. The molecule has 0 aliphatic rings. The summed E-state index contributed by atoms with van der Waals surface area (Å²) in [6.07, 6.45) is 0. The summed E-state index contributed by atoms with van der Waals surface area (Å²) in [5, 5.41) is 2.96. The maximum Gasteiger partial charge on any atom is 0.387 e. The summed E-state index contributed by atoms with van der Waals surface area (Å²) in [6, 6.07) is 14.1. The van der Waals surface area contributed by atoms with Gasteiger partial charge in [-0.1, -0.05) is 29.8 Å². The molecule has 2 aromatic carbocycles. The molecule has 2 aromatic rings. The van der Waals surface area contributed by atoms with E-state index in [2.05, 4.69) is 15.0 Å². The Hall–Kier alpha value is -2.63. The molecule has 0 aliphatic heterocycles. The van der Waals surface area contributed by atoms with Gasteiger partial charge in [0.25, 0.3) is 0 Å². The predicted molar refractivity (Wildman–Crippen MR) is 83.2 cm³/mol. The third-order valence-corrected chi connectivity index (χ3v) is 2.88. The first-order chi connectivity index (χ1) is 10.5. The summed E-state index contributed by atoms with van der Waals surface area (Å²) in [6.45, 7) is -0.576. The smallest absolute Gasteiger partial charge is 0.387 e. The molecule has 0 saturated heterocycles. The number of ether oxygens (including phenoxy) is 1. The van der Waals surface area contributed by atoms with E-state index in [0.717, 1.165) is 16.8 Å².